The van der Waals surface area contributed by atoms with Crippen LogP contribution in [0.25, 0.3) is 5.69 Å². The Bertz CT molecular complexity index is 1140. The van der Waals surface area contributed by atoms with Crippen molar-refractivity contribution >= 4 is 34.9 Å². The first-order valence-corrected chi connectivity index (χ1v) is 9.03. The number of aromatic nitrogens is 2. The fourth-order valence-corrected chi connectivity index (χ4v) is 2.97. The predicted octanol–water partition coefficient (Wildman–Crippen LogP) is 2.52. The second-order valence-electron chi connectivity index (χ2n) is 6.29. The molecule has 0 aliphatic carbocycles. The lowest BCUT2D eigenvalue weighted by Crippen LogP contribution is -2.26. The first-order chi connectivity index (χ1) is 13.8. The number of para-hydroxylation sites is 1. The van der Waals surface area contributed by atoms with Crippen molar-refractivity contribution in [3.05, 3.63) is 75.2 Å². The fourth-order valence-electron chi connectivity index (χ4n) is 2.80. The summed E-state index contributed by atoms with van der Waals surface area (Å²) in [5.74, 6) is -1.43. The zero-order valence-corrected chi connectivity index (χ0v) is 16.6. The fraction of sp³-hybridized carbons (Fsp3) is 0.150. The Balaban J connectivity index is 1.74. The maximum atomic E-state index is 12.8. The van der Waals surface area contributed by atoms with Gasteiger partial charge in [0.05, 0.1) is 16.9 Å². The third-order valence-corrected chi connectivity index (χ3v) is 4.62. The summed E-state index contributed by atoms with van der Waals surface area (Å²) in [5.41, 5.74) is 6.90. The number of rotatable bonds is 5. The van der Waals surface area contributed by atoms with Crippen molar-refractivity contribution in [1.29, 1.82) is 0 Å². The largest absolute Gasteiger partial charge is 0.452 e. The molecule has 3 rings (SSSR count). The number of anilines is 2. The normalized spacial score (nSPS) is 10.6. The Labute approximate surface area is 171 Å². The molecule has 0 spiro atoms. The van der Waals surface area contributed by atoms with Gasteiger partial charge >= 0.3 is 5.97 Å². The van der Waals surface area contributed by atoms with Crippen molar-refractivity contribution in [3.63, 3.8) is 0 Å². The molecule has 0 aliphatic heterocycles. The van der Waals surface area contributed by atoms with Gasteiger partial charge in [0, 0.05) is 17.8 Å². The predicted molar refractivity (Wildman–Crippen MR) is 111 cm³/mol. The molecule has 0 aliphatic rings. The van der Waals surface area contributed by atoms with E-state index in [1.165, 1.54) is 22.9 Å². The molecule has 9 heteroatoms. The summed E-state index contributed by atoms with van der Waals surface area (Å²) in [6.07, 6.45) is 0. The van der Waals surface area contributed by atoms with E-state index in [1.807, 2.05) is 18.2 Å². The Morgan fingerprint density at radius 2 is 1.86 bits per heavy atom. The second kappa shape index (κ2) is 8.24. The number of benzene rings is 2. The SMILES string of the molecule is Cc1c(NC(=O)COC(=O)c2cc(Cl)ccc2N)c(=O)n(-c2ccccc2)n1C. The third kappa shape index (κ3) is 4.17. The van der Waals surface area contributed by atoms with E-state index >= 15 is 0 Å². The molecule has 0 radical (unpaired) electrons. The monoisotopic (exact) mass is 414 g/mol. The molecule has 0 saturated carbocycles. The summed E-state index contributed by atoms with van der Waals surface area (Å²) < 4.78 is 8.06. The van der Waals surface area contributed by atoms with Gasteiger partial charge in [-0.05, 0) is 37.3 Å². The Morgan fingerprint density at radius 1 is 1.17 bits per heavy atom. The van der Waals surface area contributed by atoms with Gasteiger partial charge in [0.1, 0.15) is 5.69 Å². The smallest absolute Gasteiger partial charge is 0.340 e. The maximum absolute atomic E-state index is 12.8. The molecule has 8 nitrogen and oxygen atoms in total. The van der Waals surface area contributed by atoms with Crippen LogP contribution in [0.15, 0.2) is 53.3 Å². The van der Waals surface area contributed by atoms with Crippen molar-refractivity contribution in [2.45, 2.75) is 6.92 Å². The summed E-state index contributed by atoms with van der Waals surface area (Å²) in [6.45, 7) is 1.12. The van der Waals surface area contributed by atoms with Crippen LogP contribution in [0.4, 0.5) is 11.4 Å². The van der Waals surface area contributed by atoms with E-state index < -0.39 is 24.0 Å². The molecular formula is C20H19ClN4O4. The lowest BCUT2D eigenvalue weighted by Gasteiger charge is -2.08. The van der Waals surface area contributed by atoms with Gasteiger partial charge in [0.25, 0.3) is 11.5 Å². The topological polar surface area (TPSA) is 108 Å². The molecular weight excluding hydrogens is 396 g/mol. The zero-order valence-electron chi connectivity index (χ0n) is 15.8. The number of halogens is 1. The van der Waals surface area contributed by atoms with Crippen LogP contribution >= 0.6 is 11.6 Å². The number of carbonyl (C=O) groups excluding carboxylic acids is 2. The van der Waals surface area contributed by atoms with Crippen molar-refractivity contribution in [2.75, 3.05) is 17.7 Å². The summed E-state index contributed by atoms with van der Waals surface area (Å²) in [4.78, 5) is 37.2. The van der Waals surface area contributed by atoms with E-state index in [0.717, 1.165) is 0 Å². The number of ether oxygens (including phenoxy) is 1. The molecule has 29 heavy (non-hydrogen) atoms. The zero-order chi connectivity index (χ0) is 21.1. The number of nitrogens with one attached hydrogen (secondary N) is 1. The molecule has 0 unspecified atom stereocenters. The number of esters is 1. The van der Waals surface area contributed by atoms with Crippen LogP contribution in [-0.4, -0.2) is 27.8 Å². The number of nitrogen functional groups attached to an aromatic ring is 1. The van der Waals surface area contributed by atoms with Crippen LogP contribution in [-0.2, 0) is 16.6 Å². The van der Waals surface area contributed by atoms with Gasteiger partial charge in [0.2, 0.25) is 0 Å². The first-order valence-electron chi connectivity index (χ1n) is 8.65. The number of hydrogen-bond acceptors (Lipinski definition) is 5. The average Bonchev–Trinajstić information content (AvgIpc) is 2.92. The average molecular weight is 415 g/mol. The number of carbonyl (C=O) groups is 2. The molecule has 3 aromatic rings. The van der Waals surface area contributed by atoms with E-state index in [1.54, 1.807) is 30.8 Å². The summed E-state index contributed by atoms with van der Waals surface area (Å²) in [6, 6.07) is 13.4. The molecule has 1 aromatic heterocycles. The van der Waals surface area contributed by atoms with Gasteiger partial charge < -0.3 is 15.8 Å². The van der Waals surface area contributed by atoms with Crippen molar-refractivity contribution in [1.82, 2.24) is 9.36 Å². The van der Waals surface area contributed by atoms with E-state index in [-0.39, 0.29) is 16.9 Å². The van der Waals surface area contributed by atoms with Crippen LogP contribution in [0.1, 0.15) is 16.1 Å². The highest BCUT2D eigenvalue weighted by Gasteiger charge is 2.19. The summed E-state index contributed by atoms with van der Waals surface area (Å²) in [5, 5.41) is 2.83. The van der Waals surface area contributed by atoms with Gasteiger partial charge in [0.15, 0.2) is 6.61 Å². The number of amides is 1. The summed E-state index contributed by atoms with van der Waals surface area (Å²) in [7, 11) is 1.71. The Hall–Kier alpha value is -3.52. The van der Waals surface area contributed by atoms with E-state index in [0.29, 0.717) is 16.4 Å². The molecule has 0 atom stereocenters. The van der Waals surface area contributed by atoms with E-state index in [9.17, 15) is 14.4 Å². The highest BCUT2D eigenvalue weighted by Crippen LogP contribution is 2.19. The molecule has 2 aromatic carbocycles. The first kappa shape index (κ1) is 20.2. The highest BCUT2D eigenvalue weighted by atomic mass is 35.5. The molecule has 0 saturated heterocycles. The Morgan fingerprint density at radius 3 is 2.55 bits per heavy atom. The molecule has 3 N–H and O–H groups in total. The van der Waals surface area contributed by atoms with Gasteiger partial charge in [-0.2, -0.15) is 0 Å². The van der Waals surface area contributed by atoms with Crippen molar-refractivity contribution in [2.24, 2.45) is 7.05 Å². The minimum atomic E-state index is -0.786. The number of hydrogen-bond donors (Lipinski definition) is 2. The summed E-state index contributed by atoms with van der Waals surface area (Å²) >= 11 is 5.85. The van der Waals surface area contributed by atoms with E-state index in [4.69, 9.17) is 22.1 Å². The lowest BCUT2D eigenvalue weighted by molar-refractivity contribution is -0.119. The lowest BCUT2D eigenvalue weighted by atomic mass is 10.2. The minimum absolute atomic E-state index is 0.0626. The van der Waals surface area contributed by atoms with Crippen molar-refractivity contribution < 1.29 is 14.3 Å². The van der Waals surface area contributed by atoms with Crippen LogP contribution < -0.4 is 16.6 Å². The van der Waals surface area contributed by atoms with Crippen LogP contribution in [0.5, 0.6) is 0 Å². The number of nitrogens with zero attached hydrogens (tertiary/aromatic N) is 2. The number of nitrogens with two attached hydrogens (primary N) is 1. The van der Waals surface area contributed by atoms with Crippen molar-refractivity contribution in [3.8, 4) is 5.69 Å². The molecule has 0 fully saturated rings. The van der Waals surface area contributed by atoms with Crippen LogP contribution in [0.3, 0.4) is 0 Å². The maximum Gasteiger partial charge on any atom is 0.340 e. The highest BCUT2D eigenvalue weighted by molar-refractivity contribution is 6.31. The Kier molecular flexibility index (Phi) is 5.74. The molecule has 1 amide bonds. The third-order valence-electron chi connectivity index (χ3n) is 4.39. The van der Waals surface area contributed by atoms with Gasteiger partial charge in [-0.3, -0.25) is 14.3 Å². The van der Waals surface area contributed by atoms with Gasteiger partial charge in [-0.1, -0.05) is 29.8 Å². The quantitative estimate of drug-likeness (QED) is 0.492. The van der Waals surface area contributed by atoms with Gasteiger partial charge in [-0.25, -0.2) is 9.48 Å². The standard InChI is InChI=1S/C20H19ClN4O4/c1-12-18(19(27)25(24(12)2)14-6-4-3-5-7-14)23-17(26)11-29-20(28)15-10-13(21)8-9-16(15)22/h3-10H,11,22H2,1-2H3,(H,23,26). The second-order valence-corrected chi connectivity index (χ2v) is 6.73. The molecule has 1 heterocycles. The molecule has 150 valence electrons. The van der Waals surface area contributed by atoms with Crippen LogP contribution in [0.2, 0.25) is 5.02 Å². The van der Waals surface area contributed by atoms with Crippen LogP contribution in [0, 0.1) is 6.92 Å². The molecule has 0 bridgehead atoms. The van der Waals surface area contributed by atoms with Gasteiger partial charge in [-0.15, -0.1) is 0 Å². The van der Waals surface area contributed by atoms with E-state index in [2.05, 4.69) is 5.32 Å². The minimum Gasteiger partial charge on any atom is -0.452 e.